The summed E-state index contributed by atoms with van der Waals surface area (Å²) >= 11 is 1.35. The van der Waals surface area contributed by atoms with E-state index in [1.54, 1.807) is 23.6 Å². The maximum Gasteiger partial charge on any atom is 0.305 e. The van der Waals surface area contributed by atoms with Crippen molar-refractivity contribution in [1.29, 1.82) is 0 Å². The van der Waals surface area contributed by atoms with Crippen LogP contribution in [-0.2, 0) is 4.79 Å². The zero-order valence-electron chi connectivity index (χ0n) is 15.9. The number of carboxylic acid groups (broad SMARTS) is 1. The van der Waals surface area contributed by atoms with Crippen LogP contribution in [0.15, 0.2) is 53.9 Å². The second-order valence-corrected chi connectivity index (χ2v) is 6.97. The van der Waals surface area contributed by atoms with Crippen LogP contribution in [0.4, 0.5) is 0 Å². The molecule has 0 aliphatic heterocycles. The zero-order chi connectivity index (χ0) is 20.8. The van der Waals surface area contributed by atoms with Gasteiger partial charge in [0.15, 0.2) is 11.5 Å². The third-order valence-corrected chi connectivity index (χ3v) is 5.14. The van der Waals surface area contributed by atoms with Gasteiger partial charge in [-0.1, -0.05) is 42.5 Å². The van der Waals surface area contributed by atoms with Crippen molar-refractivity contribution in [2.24, 2.45) is 0 Å². The summed E-state index contributed by atoms with van der Waals surface area (Å²) in [6.07, 6.45) is -0.315. The van der Waals surface area contributed by atoms with Gasteiger partial charge in [0.2, 0.25) is 0 Å². The average molecular weight is 412 g/mol. The van der Waals surface area contributed by atoms with Crippen LogP contribution in [0, 0.1) is 0 Å². The van der Waals surface area contributed by atoms with Crippen molar-refractivity contribution in [3.8, 4) is 22.1 Å². The molecule has 1 atom stereocenters. The monoisotopic (exact) mass is 412 g/mol. The van der Waals surface area contributed by atoms with E-state index in [1.165, 1.54) is 25.6 Å². The van der Waals surface area contributed by atoms with E-state index in [-0.39, 0.29) is 12.1 Å². The van der Waals surface area contributed by atoms with E-state index < -0.39 is 17.9 Å². The van der Waals surface area contributed by atoms with Gasteiger partial charge in [-0.2, -0.15) is 0 Å². The number of benzene rings is 2. The Kier molecular flexibility index (Phi) is 6.46. The van der Waals surface area contributed by atoms with Crippen LogP contribution < -0.4 is 14.8 Å². The number of hydrogen-bond donors (Lipinski definition) is 2. The highest BCUT2D eigenvalue weighted by Crippen LogP contribution is 2.36. The Balaban J connectivity index is 1.87. The van der Waals surface area contributed by atoms with Gasteiger partial charge in [0.05, 0.1) is 26.7 Å². The predicted molar refractivity (Wildman–Crippen MR) is 110 cm³/mol. The molecule has 0 fully saturated rings. The minimum Gasteiger partial charge on any atom is -0.493 e. The summed E-state index contributed by atoms with van der Waals surface area (Å²) in [5.41, 5.74) is 1.65. The van der Waals surface area contributed by atoms with E-state index in [1.807, 2.05) is 30.3 Å². The number of carbonyl (C=O) groups is 2. The molecule has 29 heavy (non-hydrogen) atoms. The zero-order valence-corrected chi connectivity index (χ0v) is 16.7. The molecule has 7 nitrogen and oxygen atoms in total. The molecule has 0 saturated heterocycles. The lowest BCUT2D eigenvalue weighted by Crippen LogP contribution is -2.30. The Morgan fingerprint density at radius 1 is 1.10 bits per heavy atom. The first-order chi connectivity index (χ1) is 14.0. The third kappa shape index (κ3) is 4.72. The number of carbonyl (C=O) groups excluding carboxylic acids is 1. The molecule has 3 rings (SSSR count). The SMILES string of the molecule is COc1cccc(C(CC(=O)O)NC(=O)c2csc(-c3ccccc3)n2)c1OC. The minimum absolute atomic E-state index is 0.228. The number of amides is 1. The molecule has 2 aromatic carbocycles. The fourth-order valence-electron chi connectivity index (χ4n) is 2.92. The molecule has 3 aromatic rings. The van der Waals surface area contributed by atoms with Crippen LogP contribution in [-0.4, -0.2) is 36.2 Å². The molecule has 0 spiro atoms. The Labute approximate surface area is 171 Å². The van der Waals surface area contributed by atoms with Crippen molar-refractivity contribution in [1.82, 2.24) is 10.3 Å². The molecule has 1 unspecified atom stereocenters. The lowest BCUT2D eigenvalue weighted by Gasteiger charge is -2.21. The number of nitrogens with one attached hydrogen (secondary N) is 1. The second kappa shape index (κ2) is 9.20. The number of rotatable bonds is 8. The van der Waals surface area contributed by atoms with Gasteiger partial charge in [-0.25, -0.2) is 4.98 Å². The normalized spacial score (nSPS) is 11.5. The fourth-order valence-corrected chi connectivity index (χ4v) is 3.73. The van der Waals surface area contributed by atoms with Gasteiger partial charge in [0, 0.05) is 16.5 Å². The van der Waals surface area contributed by atoms with Crippen molar-refractivity contribution in [2.45, 2.75) is 12.5 Å². The van der Waals surface area contributed by atoms with E-state index in [2.05, 4.69) is 10.3 Å². The summed E-state index contributed by atoms with van der Waals surface area (Å²) in [4.78, 5) is 28.6. The number of thiazole rings is 1. The summed E-state index contributed by atoms with van der Waals surface area (Å²) in [7, 11) is 2.96. The van der Waals surface area contributed by atoms with Gasteiger partial charge in [-0.3, -0.25) is 9.59 Å². The molecular weight excluding hydrogens is 392 g/mol. The van der Waals surface area contributed by atoms with E-state index in [0.717, 1.165) is 5.56 Å². The third-order valence-electron chi connectivity index (χ3n) is 4.25. The standard InChI is InChI=1S/C21H20N2O5S/c1-27-17-10-6-9-14(19(17)28-2)15(11-18(24)25)22-20(26)16-12-29-21(23-16)13-7-4-3-5-8-13/h3-10,12,15H,11H2,1-2H3,(H,22,26)(H,24,25). The molecule has 0 saturated carbocycles. The summed E-state index contributed by atoms with van der Waals surface area (Å²) in [5, 5.41) is 14.5. The van der Waals surface area contributed by atoms with Gasteiger partial charge in [0.1, 0.15) is 10.7 Å². The van der Waals surface area contributed by atoms with E-state index in [4.69, 9.17) is 9.47 Å². The quantitative estimate of drug-likeness (QED) is 0.584. The Morgan fingerprint density at radius 3 is 2.52 bits per heavy atom. The summed E-state index contributed by atoms with van der Waals surface area (Å²) in [6, 6.07) is 13.8. The molecule has 8 heteroatoms. The fraction of sp³-hybridized carbons (Fsp3) is 0.190. The molecular formula is C21H20N2O5S. The lowest BCUT2D eigenvalue weighted by atomic mass is 10.0. The first-order valence-electron chi connectivity index (χ1n) is 8.78. The van der Waals surface area contributed by atoms with Gasteiger partial charge < -0.3 is 19.9 Å². The summed E-state index contributed by atoms with van der Waals surface area (Å²) in [5.74, 6) is -0.678. The highest BCUT2D eigenvalue weighted by molar-refractivity contribution is 7.13. The van der Waals surface area contributed by atoms with Crippen LogP contribution in [0.25, 0.3) is 10.6 Å². The second-order valence-electron chi connectivity index (χ2n) is 6.11. The van der Waals surface area contributed by atoms with Crippen molar-refractivity contribution in [2.75, 3.05) is 14.2 Å². The van der Waals surface area contributed by atoms with Gasteiger partial charge in [0.25, 0.3) is 5.91 Å². The van der Waals surface area contributed by atoms with Gasteiger partial charge in [-0.15, -0.1) is 11.3 Å². The largest absolute Gasteiger partial charge is 0.493 e. The lowest BCUT2D eigenvalue weighted by molar-refractivity contribution is -0.137. The Hall–Kier alpha value is -3.39. The number of methoxy groups -OCH3 is 2. The van der Waals surface area contributed by atoms with Crippen LogP contribution in [0.2, 0.25) is 0 Å². The molecule has 0 aliphatic carbocycles. The average Bonchev–Trinajstić information content (AvgIpc) is 3.23. The van der Waals surface area contributed by atoms with Crippen LogP contribution >= 0.6 is 11.3 Å². The molecule has 0 radical (unpaired) electrons. The maximum absolute atomic E-state index is 12.8. The van der Waals surface area contributed by atoms with E-state index in [0.29, 0.717) is 22.1 Å². The number of aliphatic carboxylic acids is 1. The van der Waals surface area contributed by atoms with Crippen molar-refractivity contribution in [3.63, 3.8) is 0 Å². The summed E-state index contributed by atoms with van der Waals surface area (Å²) < 4.78 is 10.7. The smallest absolute Gasteiger partial charge is 0.305 e. The van der Waals surface area contributed by atoms with E-state index >= 15 is 0 Å². The van der Waals surface area contributed by atoms with Crippen LogP contribution in [0.5, 0.6) is 11.5 Å². The van der Waals surface area contributed by atoms with Gasteiger partial charge in [-0.05, 0) is 6.07 Å². The molecule has 2 N–H and O–H groups in total. The topological polar surface area (TPSA) is 97.8 Å². The van der Waals surface area contributed by atoms with Crippen LogP contribution in [0.3, 0.4) is 0 Å². The highest BCUT2D eigenvalue weighted by Gasteiger charge is 2.25. The first-order valence-corrected chi connectivity index (χ1v) is 9.66. The Morgan fingerprint density at radius 2 is 1.86 bits per heavy atom. The first kappa shape index (κ1) is 20.3. The number of para-hydroxylation sites is 1. The molecule has 150 valence electrons. The van der Waals surface area contributed by atoms with Crippen molar-refractivity contribution in [3.05, 3.63) is 65.2 Å². The highest BCUT2D eigenvalue weighted by atomic mass is 32.1. The maximum atomic E-state index is 12.8. The minimum atomic E-state index is -1.05. The van der Waals surface area contributed by atoms with Crippen LogP contribution in [0.1, 0.15) is 28.5 Å². The molecule has 1 amide bonds. The van der Waals surface area contributed by atoms with Crippen molar-refractivity contribution >= 4 is 23.2 Å². The molecule has 1 heterocycles. The number of ether oxygens (including phenoxy) is 2. The van der Waals surface area contributed by atoms with E-state index in [9.17, 15) is 14.7 Å². The number of carboxylic acids is 1. The van der Waals surface area contributed by atoms with Crippen molar-refractivity contribution < 1.29 is 24.2 Å². The molecule has 0 bridgehead atoms. The predicted octanol–water partition coefficient (Wildman–Crippen LogP) is 3.77. The Bertz CT molecular complexity index is 1000. The number of hydrogen-bond acceptors (Lipinski definition) is 6. The molecule has 1 aromatic heterocycles. The number of aromatic nitrogens is 1. The summed E-state index contributed by atoms with van der Waals surface area (Å²) in [6.45, 7) is 0. The van der Waals surface area contributed by atoms with Gasteiger partial charge >= 0.3 is 5.97 Å². The molecule has 0 aliphatic rings. The number of nitrogens with zero attached hydrogens (tertiary/aromatic N) is 1.